The molecule has 96 valence electrons. The highest BCUT2D eigenvalue weighted by Crippen LogP contribution is 2.31. The van der Waals surface area contributed by atoms with Crippen molar-refractivity contribution in [2.75, 3.05) is 6.61 Å². The van der Waals surface area contributed by atoms with Crippen LogP contribution in [0.15, 0.2) is 24.3 Å². The largest absolute Gasteiger partial charge is 0.395 e. The number of benzene rings is 1. The van der Waals surface area contributed by atoms with Crippen molar-refractivity contribution in [1.29, 1.82) is 0 Å². The monoisotopic (exact) mass is 260 g/mol. The van der Waals surface area contributed by atoms with E-state index >= 15 is 0 Å². The molecule has 0 aromatic heterocycles. The van der Waals surface area contributed by atoms with Gasteiger partial charge in [0, 0.05) is 23.0 Å². The average molecular weight is 260 g/mol. The third-order valence-electron chi connectivity index (χ3n) is 3.21. The number of aliphatic hydroxyl groups excluding tert-OH is 1. The first-order valence-electron chi connectivity index (χ1n) is 6.69. The van der Waals surface area contributed by atoms with Crippen LogP contribution >= 0.6 is 11.8 Å². The van der Waals surface area contributed by atoms with Gasteiger partial charge in [-0.25, -0.2) is 0 Å². The molecule has 0 unspecified atom stereocenters. The van der Waals surface area contributed by atoms with Gasteiger partial charge in [0.25, 0.3) is 0 Å². The summed E-state index contributed by atoms with van der Waals surface area (Å²) in [7, 11) is 0. The highest BCUT2D eigenvalue weighted by molar-refractivity contribution is 7.99. The quantitative estimate of drug-likeness (QED) is 0.835. The summed E-state index contributed by atoms with van der Waals surface area (Å²) in [4.78, 5) is 0. The van der Waals surface area contributed by atoms with E-state index in [0.717, 1.165) is 16.6 Å². The SMILES string of the molecule is OCCC#Cc1ccc(CSC2CCCC2)cc1. The molecule has 0 heterocycles. The lowest BCUT2D eigenvalue weighted by molar-refractivity contribution is 0.305. The van der Waals surface area contributed by atoms with Crippen LogP contribution in [-0.2, 0) is 5.75 Å². The molecule has 1 aliphatic rings. The normalized spacial score (nSPS) is 15.4. The molecule has 1 aromatic carbocycles. The molecule has 2 heteroatoms. The third kappa shape index (κ3) is 4.40. The Morgan fingerprint density at radius 2 is 1.89 bits per heavy atom. The number of thioether (sulfide) groups is 1. The van der Waals surface area contributed by atoms with Crippen LogP contribution in [0.4, 0.5) is 0 Å². The number of hydrogen-bond acceptors (Lipinski definition) is 2. The summed E-state index contributed by atoms with van der Waals surface area (Å²) in [5, 5.41) is 9.54. The first-order chi connectivity index (χ1) is 8.88. The van der Waals surface area contributed by atoms with Crippen LogP contribution in [0.5, 0.6) is 0 Å². The van der Waals surface area contributed by atoms with Gasteiger partial charge in [0.05, 0.1) is 6.61 Å². The molecule has 0 saturated heterocycles. The molecule has 0 bridgehead atoms. The molecule has 0 amide bonds. The second-order valence-electron chi connectivity index (χ2n) is 4.69. The Labute approximate surface area is 114 Å². The van der Waals surface area contributed by atoms with E-state index in [1.807, 2.05) is 0 Å². The lowest BCUT2D eigenvalue weighted by atomic mass is 10.1. The van der Waals surface area contributed by atoms with Gasteiger partial charge in [-0.2, -0.15) is 11.8 Å². The van der Waals surface area contributed by atoms with Crippen LogP contribution in [0.1, 0.15) is 43.2 Å². The van der Waals surface area contributed by atoms with Crippen molar-refractivity contribution in [2.24, 2.45) is 0 Å². The van der Waals surface area contributed by atoms with Crippen molar-refractivity contribution in [3.8, 4) is 11.8 Å². The molecule has 0 atom stereocenters. The van der Waals surface area contributed by atoms with Gasteiger partial charge < -0.3 is 5.11 Å². The fraction of sp³-hybridized carbons (Fsp3) is 0.500. The average Bonchev–Trinajstić information content (AvgIpc) is 2.91. The van der Waals surface area contributed by atoms with Gasteiger partial charge in [0.15, 0.2) is 0 Å². The van der Waals surface area contributed by atoms with Crippen LogP contribution in [0.25, 0.3) is 0 Å². The van der Waals surface area contributed by atoms with Gasteiger partial charge >= 0.3 is 0 Å². The van der Waals surface area contributed by atoms with Gasteiger partial charge in [0.1, 0.15) is 0 Å². The van der Waals surface area contributed by atoms with Crippen molar-refractivity contribution in [1.82, 2.24) is 0 Å². The Hall–Kier alpha value is -0.910. The fourth-order valence-corrected chi connectivity index (χ4v) is 3.46. The Morgan fingerprint density at radius 1 is 1.17 bits per heavy atom. The van der Waals surface area contributed by atoms with E-state index in [0.29, 0.717) is 6.42 Å². The minimum absolute atomic E-state index is 0.142. The molecule has 1 saturated carbocycles. The van der Waals surface area contributed by atoms with Gasteiger partial charge in [-0.1, -0.05) is 36.8 Å². The van der Waals surface area contributed by atoms with Crippen molar-refractivity contribution in [3.05, 3.63) is 35.4 Å². The molecule has 1 N–H and O–H groups in total. The van der Waals surface area contributed by atoms with E-state index in [1.165, 1.54) is 31.2 Å². The molecule has 1 nitrogen and oxygen atoms in total. The maximum atomic E-state index is 8.66. The topological polar surface area (TPSA) is 20.2 Å². The van der Waals surface area contributed by atoms with Crippen molar-refractivity contribution in [2.45, 2.75) is 43.1 Å². The van der Waals surface area contributed by atoms with Crippen molar-refractivity contribution >= 4 is 11.8 Å². The van der Waals surface area contributed by atoms with Crippen LogP contribution in [0.3, 0.4) is 0 Å². The van der Waals surface area contributed by atoms with Crippen LogP contribution in [-0.4, -0.2) is 17.0 Å². The smallest absolute Gasteiger partial charge is 0.0540 e. The Morgan fingerprint density at radius 3 is 2.56 bits per heavy atom. The van der Waals surface area contributed by atoms with E-state index in [-0.39, 0.29) is 6.61 Å². The summed E-state index contributed by atoms with van der Waals surface area (Å²) in [5.41, 5.74) is 2.43. The first kappa shape index (κ1) is 13.5. The minimum atomic E-state index is 0.142. The second kappa shape index (κ2) is 7.51. The molecule has 0 radical (unpaired) electrons. The van der Waals surface area contributed by atoms with E-state index in [2.05, 4.69) is 47.9 Å². The highest BCUT2D eigenvalue weighted by atomic mass is 32.2. The summed E-state index contributed by atoms with van der Waals surface area (Å²) < 4.78 is 0. The zero-order valence-corrected chi connectivity index (χ0v) is 11.5. The molecule has 0 aliphatic heterocycles. The predicted molar refractivity (Wildman–Crippen MR) is 78.6 cm³/mol. The molecule has 18 heavy (non-hydrogen) atoms. The summed E-state index contributed by atoms with van der Waals surface area (Å²) >= 11 is 2.10. The van der Waals surface area contributed by atoms with Gasteiger partial charge in [0.2, 0.25) is 0 Å². The lowest BCUT2D eigenvalue weighted by Gasteiger charge is -2.08. The molecular formula is C16H20OS. The zero-order chi connectivity index (χ0) is 12.6. The summed E-state index contributed by atoms with van der Waals surface area (Å²) in [6.07, 6.45) is 6.18. The van der Waals surface area contributed by atoms with Gasteiger partial charge in [-0.15, -0.1) is 0 Å². The summed E-state index contributed by atoms with van der Waals surface area (Å²) in [6.45, 7) is 0.142. The number of aliphatic hydroxyl groups is 1. The maximum Gasteiger partial charge on any atom is 0.0540 e. The number of rotatable bonds is 4. The van der Waals surface area contributed by atoms with Crippen LogP contribution in [0, 0.1) is 11.8 Å². The molecule has 1 fully saturated rings. The first-order valence-corrected chi connectivity index (χ1v) is 7.73. The third-order valence-corrected chi connectivity index (χ3v) is 4.65. The highest BCUT2D eigenvalue weighted by Gasteiger charge is 2.14. The Kier molecular flexibility index (Phi) is 5.64. The zero-order valence-electron chi connectivity index (χ0n) is 10.7. The molecule has 1 aromatic rings. The van der Waals surface area contributed by atoms with Gasteiger partial charge in [-0.05, 0) is 30.5 Å². The Balaban J connectivity index is 1.81. The van der Waals surface area contributed by atoms with E-state index in [1.54, 1.807) is 0 Å². The number of hydrogen-bond donors (Lipinski definition) is 1. The molecule has 2 rings (SSSR count). The van der Waals surface area contributed by atoms with Crippen LogP contribution < -0.4 is 0 Å². The van der Waals surface area contributed by atoms with Crippen molar-refractivity contribution < 1.29 is 5.11 Å². The molecule has 0 spiro atoms. The summed E-state index contributed by atoms with van der Waals surface area (Å²) in [5.74, 6) is 7.12. The molecular weight excluding hydrogens is 240 g/mol. The predicted octanol–water partition coefficient (Wildman–Crippen LogP) is 3.60. The van der Waals surface area contributed by atoms with Gasteiger partial charge in [-0.3, -0.25) is 0 Å². The fourth-order valence-electron chi connectivity index (χ4n) is 2.17. The van der Waals surface area contributed by atoms with E-state index in [4.69, 9.17) is 5.11 Å². The van der Waals surface area contributed by atoms with Crippen molar-refractivity contribution in [3.63, 3.8) is 0 Å². The van der Waals surface area contributed by atoms with E-state index in [9.17, 15) is 0 Å². The minimum Gasteiger partial charge on any atom is -0.395 e. The van der Waals surface area contributed by atoms with E-state index < -0.39 is 0 Å². The Bertz CT molecular complexity index is 407. The maximum absolute atomic E-state index is 8.66. The van der Waals surface area contributed by atoms with Crippen LogP contribution in [0.2, 0.25) is 0 Å². The second-order valence-corrected chi connectivity index (χ2v) is 5.98. The standard InChI is InChI=1S/C16H20OS/c17-12-4-3-5-14-8-10-15(11-9-14)13-18-16-6-1-2-7-16/h8-11,16-17H,1-2,4,6-7,12-13H2. The summed E-state index contributed by atoms with van der Waals surface area (Å²) in [6, 6.07) is 8.50. The lowest BCUT2D eigenvalue weighted by Crippen LogP contribution is -1.94. The molecule has 1 aliphatic carbocycles.